The van der Waals surface area contributed by atoms with Gasteiger partial charge in [0.15, 0.2) is 0 Å². The quantitative estimate of drug-likeness (QED) is 0.481. The second kappa shape index (κ2) is 5.87. The van der Waals surface area contributed by atoms with Gasteiger partial charge in [0.2, 0.25) is 0 Å². The molecule has 18 heavy (non-hydrogen) atoms. The smallest absolute Gasteiger partial charge is 0.331 e. The standard InChI is InChI=1S/C13H16ClNO3/c1-13(2,3)18-12(16)8-5-9-10(17-4)6-7-11(14)15-9/h5-8H,1-4H3/b8-5+. The number of aromatic nitrogens is 1. The van der Waals surface area contributed by atoms with E-state index in [1.807, 2.05) is 0 Å². The van der Waals surface area contributed by atoms with E-state index < -0.39 is 11.6 Å². The Kier molecular flexibility index (Phi) is 4.73. The predicted molar refractivity (Wildman–Crippen MR) is 70.7 cm³/mol. The second-order valence-electron chi connectivity index (χ2n) is 4.59. The van der Waals surface area contributed by atoms with Crippen LogP contribution in [0.15, 0.2) is 18.2 Å². The first-order valence-corrected chi connectivity index (χ1v) is 5.81. The molecule has 0 aliphatic heterocycles. The Morgan fingerprint density at radius 2 is 2.06 bits per heavy atom. The predicted octanol–water partition coefficient (Wildman–Crippen LogP) is 3.10. The number of esters is 1. The summed E-state index contributed by atoms with van der Waals surface area (Å²) in [7, 11) is 1.52. The number of hydrogen-bond acceptors (Lipinski definition) is 4. The summed E-state index contributed by atoms with van der Waals surface area (Å²) >= 11 is 5.78. The van der Waals surface area contributed by atoms with Crippen molar-refractivity contribution in [2.24, 2.45) is 0 Å². The van der Waals surface area contributed by atoms with Crippen molar-refractivity contribution in [2.45, 2.75) is 26.4 Å². The summed E-state index contributed by atoms with van der Waals surface area (Å²) in [6, 6.07) is 3.30. The Labute approximate surface area is 112 Å². The SMILES string of the molecule is COc1ccc(Cl)nc1/C=C/C(=O)OC(C)(C)C. The van der Waals surface area contributed by atoms with E-state index in [9.17, 15) is 4.79 Å². The van der Waals surface area contributed by atoms with Gasteiger partial charge in [-0.1, -0.05) is 11.6 Å². The molecule has 1 aromatic rings. The van der Waals surface area contributed by atoms with Crippen LogP contribution in [0.25, 0.3) is 6.08 Å². The molecule has 5 heteroatoms. The first-order chi connectivity index (χ1) is 8.31. The number of ether oxygens (including phenoxy) is 2. The van der Waals surface area contributed by atoms with Crippen molar-refractivity contribution < 1.29 is 14.3 Å². The highest BCUT2D eigenvalue weighted by atomic mass is 35.5. The van der Waals surface area contributed by atoms with Crippen LogP contribution in [0.3, 0.4) is 0 Å². The summed E-state index contributed by atoms with van der Waals surface area (Å²) in [6.45, 7) is 5.41. The lowest BCUT2D eigenvalue weighted by molar-refractivity contribution is -0.148. The highest BCUT2D eigenvalue weighted by Crippen LogP contribution is 2.20. The fourth-order valence-electron chi connectivity index (χ4n) is 1.21. The third-order valence-corrected chi connectivity index (χ3v) is 2.07. The first-order valence-electron chi connectivity index (χ1n) is 5.43. The molecule has 0 bridgehead atoms. The fourth-order valence-corrected chi connectivity index (χ4v) is 1.37. The largest absolute Gasteiger partial charge is 0.494 e. The minimum absolute atomic E-state index is 0.333. The van der Waals surface area contributed by atoms with Gasteiger partial charge in [-0.25, -0.2) is 9.78 Å². The van der Waals surface area contributed by atoms with Crippen molar-refractivity contribution in [3.05, 3.63) is 29.1 Å². The molecule has 98 valence electrons. The van der Waals surface area contributed by atoms with E-state index in [4.69, 9.17) is 21.1 Å². The molecular formula is C13H16ClNO3. The minimum Gasteiger partial charge on any atom is -0.494 e. The van der Waals surface area contributed by atoms with Crippen molar-refractivity contribution in [2.75, 3.05) is 7.11 Å². The normalized spacial score (nSPS) is 11.6. The van der Waals surface area contributed by atoms with Crippen LogP contribution in [0.1, 0.15) is 26.5 Å². The van der Waals surface area contributed by atoms with Crippen LogP contribution in [0.5, 0.6) is 5.75 Å². The van der Waals surface area contributed by atoms with Crippen LogP contribution in [0, 0.1) is 0 Å². The third kappa shape index (κ3) is 4.75. The molecule has 0 atom stereocenters. The molecule has 0 amide bonds. The maximum Gasteiger partial charge on any atom is 0.331 e. The zero-order valence-corrected chi connectivity index (χ0v) is 11.6. The molecule has 4 nitrogen and oxygen atoms in total. The summed E-state index contributed by atoms with van der Waals surface area (Å²) in [6.07, 6.45) is 2.81. The molecule has 0 saturated carbocycles. The Bertz CT molecular complexity index is 464. The summed E-state index contributed by atoms with van der Waals surface area (Å²) in [4.78, 5) is 15.6. The van der Waals surface area contributed by atoms with E-state index >= 15 is 0 Å². The highest BCUT2D eigenvalue weighted by molar-refractivity contribution is 6.29. The molecule has 0 unspecified atom stereocenters. The molecular weight excluding hydrogens is 254 g/mol. The van der Waals surface area contributed by atoms with E-state index in [1.165, 1.54) is 19.3 Å². The van der Waals surface area contributed by atoms with Crippen molar-refractivity contribution in [1.82, 2.24) is 4.98 Å². The van der Waals surface area contributed by atoms with E-state index in [2.05, 4.69) is 4.98 Å². The van der Waals surface area contributed by atoms with Crippen LogP contribution < -0.4 is 4.74 Å². The number of rotatable bonds is 3. The van der Waals surface area contributed by atoms with Crippen LogP contribution >= 0.6 is 11.6 Å². The van der Waals surface area contributed by atoms with Gasteiger partial charge in [0.05, 0.1) is 7.11 Å². The van der Waals surface area contributed by atoms with Crippen LogP contribution in [0.4, 0.5) is 0 Å². The number of nitrogens with zero attached hydrogens (tertiary/aromatic N) is 1. The molecule has 0 N–H and O–H groups in total. The monoisotopic (exact) mass is 269 g/mol. The molecule has 0 radical (unpaired) electrons. The number of carbonyl (C=O) groups excluding carboxylic acids is 1. The average Bonchev–Trinajstić information content (AvgIpc) is 2.24. The van der Waals surface area contributed by atoms with Gasteiger partial charge in [-0.3, -0.25) is 0 Å². The van der Waals surface area contributed by atoms with Crippen molar-refractivity contribution in [3.8, 4) is 5.75 Å². The minimum atomic E-state index is -0.521. The molecule has 0 aliphatic carbocycles. The van der Waals surface area contributed by atoms with Crippen molar-refractivity contribution in [1.29, 1.82) is 0 Å². The van der Waals surface area contributed by atoms with Gasteiger partial charge in [0, 0.05) is 6.08 Å². The van der Waals surface area contributed by atoms with Gasteiger partial charge < -0.3 is 9.47 Å². The maximum absolute atomic E-state index is 11.5. The van der Waals surface area contributed by atoms with Crippen LogP contribution in [0.2, 0.25) is 5.15 Å². The molecule has 0 spiro atoms. The van der Waals surface area contributed by atoms with Crippen LogP contribution in [-0.2, 0) is 9.53 Å². The van der Waals surface area contributed by atoms with Gasteiger partial charge in [0.1, 0.15) is 22.2 Å². The van der Waals surface area contributed by atoms with Gasteiger partial charge >= 0.3 is 5.97 Å². The lowest BCUT2D eigenvalue weighted by Crippen LogP contribution is -2.22. The molecule has 0 aromatic carbocycles. The number of hydrogen-bond donors (Lipinski definition) is 0. The zero-order valence-electron chi connectivity index (χ0n) is 10.9. The van der Waals surface area contributed by atoms with Crippen LogP contribution in [-0.4, -0.2) is 23.7 Å². The average molecular weight is 270 g/mol. The topological polar surface area (TPSA) is 48.4 Å². The van der Waals surface area contributed by atoms with Crippen molar-refractivity contribution >= 4 is 23.6 Å². The zero-order chi connectivity index (χ0) is 13.8. The molecule has 0 fully saturated rings. The Hall–Kier alpha value is -1.55. The molecule has 0 aliphatic rings. The second-order valence-corrected chi connectivity index (χ2v) is 4.98. The Morgan fingerprint density at radius 3 is 2.61 bits per heavy atom. The number of methoxy groups -OCH3 is 1. The van der Waals surface area contributed by atoms with E-state index in [0.29, 0.717) is 16.6 Å². The third-order valence-electron chi connectivity index (χ3n) is 1.86. The van der Waals surface area contributed by atoms with Crippen molar-refractivity contribution in [3.63, 3.8) is 0 Å². The maximum atomic E-state index is 11.5. The number of pyridine rings is 1. The van der Waals surface area contributed by atoms with E-state index in [-0.39, 0.29) is 0 Å². The molecule has 1 aromatic heterocycles. The van der Waals surface area contributed by atoms with Gasteiger partial charge in [-0.05, 0) is 39.0 Å². The lowest BCUT2D eigenvalue weighted by Gasteiger charge is -2.17. The molecule has 1 heterocycles. The summed E-state index contributed by atoms with van der Waals surface area (Å²) < 4.78 is 10.2. The van der Waals surface area contributed by atoms with Gasteiger partial charge in [-0.2, -0.15) is 0 Å². The Morgan fingerprint density at radius 1 is 1.39 bits per heavy atom. The highest BCUT2D eigenvalue weighted by Gasteiger charge is 2.14. The summed E-state index contributed by atoms with van der Waals surface area (Å²) in [5.74, 6) is 0.102. The lowest BCUT2D eigenvalue weighted by atomic mass is 10.2. The fraction of sp³-hybridized carbons (Fsp3) is 0.385. The summed E-state index contributed by atoms with van der Waals surface area (Å²) in [5, 5.41) is 0.333. The van der Waals surface area contributed by atoms with E-state index in [0.717, 1.165) is 0 Å². The molecule has 0 saturated heterocycles. The van der Waals surface area contributed by atoms with Gasteiger partial charge in [-0.15, -0.1) is 0 Å². The number of carbonyl (C=O) groups is 1. The van der Waals surface area contributed by atoms with E-state index in [1.54, 1.807) is 32.9 Å². The Balaban J connectivity index is 2.84. The number of halogens is 1. The summed E-state index contributed by atoms with van der Waals surface area (Å²) in [5.41, 5.74) is -0.0383. The molecule has 1 rings (SSSR count). The first kappa shape index (κ1) is 14.5. The van der Waals surface area contributed by atoms with Gasteiger partial charge in [0.25, 0.3) is 0 Å².